The van der Waals surface area contributed by atoms with Crippen LogP contribution in [-0.4, -0.2) is 110 Å². The van der Waals surface area contributed by atoms with E-state index in [1.54, 1.807) is 31.0 Å². The summed E-state index contributed by atoms with van der Waals surface area (Å²) in [6.45, 7) is 19.0. The number of methoxy groups -OCH3 is 1. The topological polar surface area (TPSA) is 37.5 Å². The highest BCUT2D eigenvalue weighted by molar-refractivity contribution is 7.97. The second-order valence-electron chi connectivity index (χ2n) is 13.2. The first kappa shape index (κ1) is 42.0. The van der Waals surface area contributed by atoms with Crippen LogP contribution in [0.2, 0.25) is 0 Å². The Kier molecular flexibility index (Phi) is 19.9. The summed E-state index contributed by atoms with van der Waals surface area (Å²) in [4.78, 5) is 10.1. The maximum absolute atomic E-state index is 5.18. The molecule has 1 N–H and O–H groups in total. The van der Waals surface area contributed by atoms with Crippen molar-refractivity contribution in [3.8, 4) is 0 Å². The van der Waals surface area contributed by atoms with Gasteiger partial charge in [-0.05, 0) is 84.5 Å². The van der Waals surface area contributed by atoms with Gasteiger partial charge in [-0.2, -0.15) is 0 Å². The van der Waals surface area contributed by atoms with E-state index in [4.69, 9.17) is 4.74 Å². The molecule has 0 saturated carbocycles. The standard InChI is InChI=1S/C22H31N3OS.C19H25N3S.C2H6/c1-23(18-20-6-4-3-5-7-20)27-22-10-8-21(9-11-22)19-25-14-12-24(13-15-25)16-17-26-2;1-21(15-17-5-3-2-4-6-17)23-19-9-7-18(8-10-19)16-22-13-11-20-12-14-22;1-2/h3-11H,12-19H2,1-2H3;2-10,20H,11-16H2,1H3;1-2H3. The number of nitrogens with zero attached hydrogens (tertiary/aromatic N) is 5. The molecular weight excluding hydrogens is 681 g/mol. The number of benzene rings is 4. The van der Waals surface area contributed by atoms with Crippen LogP contribution in [0.5, 0.6) is 0 Å². The van der Waals surface area contributed by atoms with Crippen molar-refractivity contribution < 1.29 is 4.74 Å². The maximum atomic E-state index is 5.18. The summed E-state index contributed by atoms with van der Waals surface area (Å²) >= 11 is 3.61. The van der Waals surface area contributed by atoms with Crippen molar-refractivity contribution in [2.24, 2.45) is 0 Å². The minimum atomic E-state index is 0.831. The maximum Gasteiger partial charge on any atom is 0.0589 e. The third-order valence-electron chi connectivity index (χ3n) is 8.96. The fraction of sp³-hybridized carbons (Fsp3) is 0.442. The smallest absolute Gasteiger partial charge is 0.0589 e. The van der Waals surface area contributed by atoms with Gasteiger partial charge in [0.2, 0.25) is 0 Å². The lowest BCUT2D eigenvalue weighted by molar-refractivity contribution is 0.0938. The molecular formula is C43H62N6OS2. The van der Waals surface area contributed by atoms with Crippen LogP contribution in [0, 0.1) is 0 Å². The zero-order valence-electron chi connectivity index (χ0n) is 32.3. The molecule has 0 radical (unpaired) electrons. The molecule has 2 fully saturated rings. The molecule has 0 atom stereocenters. The summed E-state index contributed by atoms with van der Waals surface area (Å²) in [5.41, 5.74) is 5.49. The molecule has 7 nitrogen and oxygen atoms in total. The first-order chi connectivity index (χ1) is 25.5. The molecule has 0 amide bonds. The van der Waals surface area contributed by atoms with E-state index in [-0.39, 0.29) is 0 Å². The summed E-state index contributed by atoms with van der Waals surface area (Å²) in [5.74, 6) is 0. The zero-order chi connectivity index (χ0) is 36.8. The highest BCUT2D eigenvalue weighted by Gasteiger charge is 2.16. The van der Waals surface area contributed by atoms with Crippen LogP contribution < -0.4 is 5.32 Å². The van der Waals surface area contributed by atoms with Crippen LogP contribution in [0.4, 0.5) is 0 Å². The summed E-state index contributed by atoms with van der Waals surface area (Å²) < 4.78 is 9.74. The van der Waals surface area contributed by atoms with E-state index in [9.17, 15) is 0 Å². The molecule has 2 aliphatic heterocycles. The summed E-state index contributed by atoms with van der Waals surface area (Å²) in [6, 6.07) is 39.3. The Bertz CT molecular complexity index is 1470. The van der Waals surface area contributed by atoms with Crippen molar-refractivity contribution in [2.45, 2.75) is 49.8 Å². The average Bonchev–Trinajstić information content (AvgIpc) is 3.18. The molecule has 282 valence electrons. The van der Waals surface area contributed by atoms with Gasteiger partial charge < -0.3 is 10.1 Å². The Hall–Kier alpha value is -2.70. The number of hydrogen-bond acceptors (Lipinski definition) is 9. The molecule has 2 saturated heterocycles. The minimum Gasteiger partial charge on any atom is -0.383 e. The van der Waals surface area contributed by atoms with Gasteiger partial charge in [-0.3, -0.25) is 14.7 Å². The van der Waals surface area contributed by atoms with Gasteiger partial charge in [0.1, 0.15) is 0 Å². The monoisotopic (exact) mass is 742 g/mol. The molecule has 0 spiro atoms. The molecule has 0 aromatic heterocycles. The molecule has 9 heteroatoms. The van der Waals surface area contributed by atoms with Gasteiger partial charge in [-0.15, -0.1) is 0 Å². The van der Waals surface area contributed by atoms with E-state index in [0.717, 1.165) is 91.7 Å². The third kappa shape index (κ3) is 16.1. The van der Waals surface area contributed by atoms with Crippen molar-refractivity contribution in [3.05, 3.63) is 131 Å². The first-order valence-electron chi connectivity index (χ1n) is 18.9. The number of rotatable bonds is 15. The molecule has 6 rings (SSSR count). The van der Waals surface area contributed by atoms with Crippen molar-refractivity contribution in [1.29, 1.82) is 0 Å². The van der Waals surface area contributed by atoms with Crippen LogP contribution in [0.3, 0.4) is 0 Å². The van der Waals surface area contributed by atoms with Crippen molar-refractivity contribution in [1.82, 2.24) is 28.6 Å². The van der Waals surface area contributed by atoms with E-state index in [1.807, 2.05) is 13.8 Å². The lowest BCUT2D eigenvalue weighted by Crippen LogP contribution is -2.46. The Morgan fingerprint density at radius 3 is 1.37 bits per heavy atom. The summed E-state index contributed by atoms with van der Waals surface area (Å²) in [7, 11) is 6.07. The quantitative estimate of drug-likeness (QED) is 0.123. The Morgan fingerprint density at radius 1 is 0.538 bits per heavy atom. The number of ether oxygens (including phenoxy) is 1. The van der Waals surface area contributed by atoms with Crippen LogP contribution in [0.25, 0.3) is 0 Å². The van der Waals surface area contributed by atoms with E-state index in [1.165, 1.54) is 32.0 Å². The Labute approximate surface area is 324 Å². The molecule has 4 aromatic rings. The highest BCUT2D eigenvalue weighted by atomic mass is 32.2. The van der Waals surface area contributed by atoms with Gasteiger partial charge in [0.05, 0.1) is 6.61 Å². The summed E-state index contributed by atoms with van der Waals surface area (Å²) in [6.07, 6.45) is 0. The molecule has 52 heavy (non-hydrogen) atoms. The van der Waals surface area contributed by atoms with Crippen LogP contribution >= 0.6 is 23.9 Å². The average molecular weight is 743 g/mol. The second kappa shape index (κ2) is 24.6. The molecule has 0 aliphatic carbocycles. The van der Waals surface area contributed by atoms with E-state index < -0.39 is 0 Å². The van der Waals surface area contributed by atoms with Crippen molar-refractivity contribution in [2.75, 3.05) is 86.7 Å². The SMILES string of the molecule is CC.CN(Cc1ccccc1)Sc1ccc(CN2CCNCC2)cc1.COCCN1CCN(Cc2ccc(SN(C)Cc3ccccc3)cc2)CC1. The number of nitrogens with one attached hydrogen (secondary N) is 1. The van der Waals surface area contributed by atoms with E-state index in [2.05, 4.69) is 152 Å². The second-order valence-corrected chi connectivity index (χ2v) is 15.7. The molecule has 2 heterocycles. The largest absolute Gasteiger partial charge is 0.383 e. The first-order valence-corrected chi connectivity index (χ1v) is 20.5. The lowest BCUT2D eigenvalue weighted by atomic mass is 10.2. The highest BCUT2D eigenvalue weighted by Crippen LogP contribution is 2.25. The molecule has 4 aromatic carbocycles. The third-order valence-corrected chi connectivity index (χ3v) is 10.8. The van der Waals surface area contributed by atoms with E-state index >= 15 is 0 Å². The van der Waals surface area contributed by atoms with E-state index in [0.29, 0.717) is 0 Å². The minimum absolute atomic E-state index is 0.831. The molecule has 2 aliphatic rings. The van der Waals surface area contributed by atoms with Gasteiger partial charge in [0.15, 0.2) is 0 Å². The Balaban J connectivity index is 0.000000225. The van der Waals surface area contributed by atoms with Crippen LogP contribution in [0.15, 0.2) is 119 Å². The molecule has 0 bridgehead atoms. The van der Waals surface area contributed by atoms with Gasteiger partial charge in [-0.1, -0.05) is 98.8 Å². The fourth-order valence-electron chi connectivity index (χ4n) is 6.19. The lowest BCUT2D eigenvalue weighted by Gasteiger charge is -2.34. The predicted octanol–water partition coefficient (Wildman–Crippen LogP) is 7.85. The van der Waals surface area contributed by atoms with Gasteiger partial charge >= 0.3 is 0 Å². The number of hydrogen-bond donors (Lipinski definition) is 1. The van der Waals surface area contributed by atoms with Crippen LogP contribution in [0.1, 0.15) is 36.1 Å². The number of piperazine rings is 2. The van der Waals surface area contributed by atoms with Crippen LogP contribution in [-0.2, 0) is 30.9 Å². The van der Waals surface area contributed by atoms with Gasteiger partial charge in [-0.25, -0.2) is 8.61 Å². The Morgan fingerprint density at radius 2 is 0.942 bits per heavy atom. The van der Waals surface area contributed by atoms with Crippen molar-refractivity contribution in [3.63, 3.8) is 0 Å². The van der Waals surface area contributed by atoms with Gasteiger partial charge in [0, 0.05) is 102 Å². The zero-order valence-corrected chi connectivity index (χ0v) is 33.9. The summed E-state index contributed by atoms with van der Waals surface area (Å²) in [5, 5.41) is 3.40. The fourth-order valence-corrected chi connectivity index (χ4v) is 7.86. The van der Waals surface area contributed by atoms with Gasteiger partial charge in [0.25, 0.3) is 0 Å². The molecule has 0 unspecified atom stereocenters. The normalized spacial score (nSPS) is 15.5. The van der Waals surface area contributed by atoms with Crippen molar-refractivity contribution >= 4 is 23.9 Å². The predicted molar refractivity (Wildman–Crippen MR) is 224 cm³/mol.